The number of hydrogen-bond donors (Lipinski definition) is 0. The van der Waals surface area contributed by atoms with Gasteiger partial charge in [0.1, 0.15) is 24.4 Å². The summed E-state index contributed by atoms with van der Waals surface area (Å²) in [6.45, 7) is 4.44. The molecule has 2 aromatic carbocycles. The van der Waals surface area contributed by atoms with E-state index in [1.54, 1.807) is 0 Å². The van der Waals surface area contributed by atoms with Crippen LogP contribution in [0.15, 0.2) is 60.7 Å². The molecule has 0 aliphatic carbocycles. The van der Waals surface area contributed by atoms with E-state index >= 15 is 0 Å². The summed E-state index contributed by atoms with van der Waals surface area (Å²) in [5.41, 5.74) is 1.83. The molecule has 0 spiro atoms. The lowest BCUT2D eigenvalue weighted by Gasteiger charge is -2.24. The van der Waals surface area contributed by atoms with Crippen molar-refractivity contribution < 1.29 is 27.4 Å². The summed E-state index contributed by atoms with van der Waals surface area (Å²) in [7, 11) is -3.38. The second-order valence-corrected chi connectivity index (χ2v) is 10.4. The second kappa shape index (κ2) is 8.77. The Hall–Kier alpha value is -1.77. The minimum atomic E-state index is -3.38. The number of rotatable bonds is 8. The van der Waals surface area contributed by atoms with E-state index in [2.05, 4.69) is 0 Å². The molecule has 2 saturated heterocycles. The molecule has 0 saturated carbocycles. The number of ether oxygens (including phenoxy) is 4. The van der Waals surface area contributed by atoms with Gasteiger partial charge < -0.3 is 18.9 Å². The molecule has 0 amide bonds. The van der Waals surface area contributed by atoms with E-state index in [4.69, 9.17) is 18.9 Å². The molecular formula is C23H28O6S. The van der Waals surface area contributed by atoms with Gasteiger partial charge in [0.25, 0.3) is 0 Å². The summed E-state index contributed by atoms with van der Waals surface area (Å²) in [6, 6.07) is 19.0. The SMILES string of the molecule is CC1(C)O[C@@H]2[C@H](O1)[C@@H](COCc1ccccc1)O[C@H]2CS(=O)(=O)Cc1ccccc1. The van der Waals surface area contributed by atoms with E-state index in [-0.39, 0.29) is 23.7 Å². The normalized spacial score (nSPS) is 27.8. The summed E-state index contributed by atoms with van der Waals surface area (Å²) in [5, 5.41) is 0. The van der Waals surface area contributed by atoms with Gasteiger partial charge in [-0.15, -0.1) is 0 Å². The predicted octanol–water partition coefficient (Wildman–Crippen LogP) is 3.11. The quantitative estimate of drug-likeness (QED) is 0.638. The van der Waals surface area contributed by atoms with Crippen LogP contribution in [-0.2, 0) is 41.1 Å². The van der Waals surface area contributed by atoms with Gasteiger partial charge in [-0.2, -0.15) is 0 Å². The average molecular weight is 433 g/mol. The maximum absolute atomic E-state index is 12.8. The largest absolute Gasteiger partial charge is 0.374 e. The predicted molar refractivity (Wildman–Crippen MR) is 113 cm³/mol. The van der Waals surface area contributed by atoms with Crippen molar-refractivity contribution in [2.75, 3.05) is 12.4 Å². The summed E-state index contributed by atoms with van der Waals surface area (Å²) in [6.07, 6.45) is -1.75. The van der Waals surface area contributed by atoms with Crippen LogP contribution in [0.5, 0.6) is 0 Å². The number of sulfone groups is 1. The van der Waals surface area contributed by atoms with E-state index in [0.717, 1.165) is 11.1 Å². The highest BCUT2D eigenvalue weighted by molar-refractivity contribution is 7.90. The summed E-state index contributed by atoms with van der Waals surface area (Å²) >= 11 is 0. The Balaban J connectivity index is 1.40. The average Bonchev–Trinajstić information content (AvgIpc) is 3.17. The van der Waals surface area contributed by atoms with Gasteiger partial charge >= 0.3 is 0 Å². The molecule has 4 rings (SSSR count). The molecule has 0 N–H and O–H groups in total. The minimum absolute atomic E-state index is 0.0233. The molecule has 0 aromatic heterocycles. The molecule has 2 aromatic rings. The molecule has 0 bridgehead atoms. The molecule has 30 heavy (non-hydrogen) atoms. The molecule has 2 aliphatic rings. The number of benzene rings is 2. The van der Waals surface area contributed by atoms with Crippen LogP contribution in [-0.4, -0.2) is 51.0 Å². The van der Waals surface area contributed by atoms with Crippen LogP contribution in [0, 0.1) is 0 Å². The Morgan fingerprint density at radius 3 is 2.07 bits per heavy atom. The van der Waals surface area contributed by atoms with E-state index in [1.807, 2.05) is 74.5 Å². The topological polar surface area (TPSA) is 71.1 Å². The third-order valence-electron chi connectivity index (χ3n) is 5.29. The van der Waals surface area contributed by atoms with Gasteiger partial charge in [-0.1, -0.05) is 60.7 Å². The van der Waals surface area contributed by atoms with Crippen LogP contribution in [0.25, 0.3) is 0 Å². The lowest BCUT2D eigenvalue weighted by atomic mass is 10.1. The van der Waals surface area contributed by atoms with Crippen LogP contribution in [0.2, 0.25) is 0 Å². The van der Waals surface area contributed by atoms with E-state index in [1.165, 1.54) is 0 Å². The van der Waals surface area contributed by atoms with Crippen molar-refractivity contribution in [3.05, 3.63) is 71.8 Å². The molecule has 4 atom stereocenters. The van der Waals surface area contributed by atoms with Gasteiger partial charge in [-0.3, -0.25) is 0 Å². The molecule has 0 unspecified atom stereocenters. The molecule has 2 aliphatic heterocycles. The van der Waals surface area contributed by atoms with Gasteiger partial charge in [0.2, 0.25) is 0 Å². The highest BCUT2D eigenvalue weighted by Gasteiger charge is 2.55. The minimum Gasteiger partial charge on any atom is -0.374 e. The van der Waals surface area contributed by atoms with Crippen LogP contribution in [0.3, 0.4) is 0 Å². The van der Waals surface area contributed by atoms with Gasteiger partial charge in [-0.05, 0) is 25.0 Å². The standard InChI is InChI=1S/C23H28O6S/c1-23(2)28-21-19(14-26-13-17-9-5-3-6-10-17)27-20(22(21)29-23)16-30(24,25)15-18-11-7-4-8-12-18/h3-12,19-22H,13-16H2,1-2H3/t19-,20+,21-,22+/m1/s1. The van der Waals surface area contributed by atoms with E-state index in [9.17, 15) is 8.42 Å². The zero-order valence-electron chi connectivity index (χ0n) is 17.3. The monoisotopic (exact) mass is 432 g/mol. The zero-order chi connectivity index (χ0) is 21.2. The van der Waals surface area contributed by atoms with Gasteiger partial charge in [0.15, 0.2) is 15.6 Å². The van der Waals surface area contributed by atoms with Crippen LogP contribution in [0.1, 0.15) is 25.0 Å². The molecule has 0 radical (unpaired) electrons. The third-order valence-corrected chi connectivity index (χ3v) is 6.90. The third kappa shape index (κ3) is 5.28. The lowest BCUT2D eigenvalue weighted by molar-refractivity contribution is -0.190. The first-order valence-electron chi connectivity index (χ1n) is 10.2. The maximum atomic E-state index is 12.8. The zero-order valence-corrected chi connectivity index (χ0v) is 18.1. The molecule has 7 heteroatoms. The Bertz CT molecular complexity index is 929. The first kappa shape index (κ1) is 21.5. The smallest absolute Gasteiger partial charge is 0.164 e. The molecule has 2 fully saturated rings. The summed E-state index contributed by atoms with van der Waals surface area (Å²) in [5.74, 6) is -0.916. The number of hydrogen-bond acceptors (Lipinski definition) is 6. The van der Waals surface area contributed by atoms with Crippen LogP contribution in [0.4, 0.5) is 0 Å². The van der Waals surface area contributed by atoms with Crippen LogP contribution < -0.4 is 0 Å². The first-order chi connectivity index (χ1) is 14.3. The van der Waals surface area contributed by atoms with Gasteiger partial charge in [0.05, 0.1) is 24.7 Å². The maximum Gasteiger partial charge on any atom is 0.164 e. The van der Waals surface area contributed by atoms with Crippen molar-refractivity contribution in [2.45, 2.75) is 56.4 Å². The van der Waals surface area contributed by atoms with Crippen LogP contribution >= 0.6 is 0 Å². The molecular weight excluding hydrogens is 404 g/mol. The Kier molecular flexibility index (Phi) is 6.27. The summed E-state index contributed by atoms with van der Waals surface area (Å²) < 4.78 is 49.6. The van der Waals surface area contributed by atoms with E-state index < -0.39 is 27.8 Å². The Labute approximate surface area is 178 Å². The molecule has 2 heterocycles. The van der Waals surface area contributed by atoms with Crippen molar-refractivity contribution in [1.29, 1.82) is 0 Å². The van der Waals surface area contributed by atoms with Gasteiger partial charge in [0, 0.05) is 0 Å². The second-order valence-electron chi connectivity index (χ2n) is 8.32. The Morgan fingerprint density at radius 1 is 0.867 bits per heavy atom. The van der Waals surface area contributed by atoms with E-state index in [0.29, 0.717) is 13.2 Å². The fraction of sp³-hybridized carbons (Fsp3) is 0.478. The Morgan fingerprint density at radius 2 is 1.43 bits per heavy atom. The van der Waals surface area contributed by atoms with Crippen molar-refractivity contribution in [1.82, 2.24) is 0 Å². The van der Waals surface area contributed by atoms with Crippen molar-refractivity contribution in [3.63, 3.8) is 0 Å². The number of fused-ring (bicyclic) bond motifs is 1. The highest BCUT2D eigenvalue weighted by Crippen LogP contribution is 2.39. The fourth-order valence-electron chi connectivity index (χ4n) is 4.04. The highest BCUT2D eigenvalue weighted by atomic mass is 32.2. The molecule has 6 nitrogen and oxygen atoms in total. The first-order valence-corrected chi connectivity index (χ1v) is 12.0. The lowest BCUT2D eigenvalue weighted by Crippen LogP contribution is -2.35. The summed E-state index contributed by atoms with van der Waals surface area (Å²) in [4.78, 5) is 0. The fourth-order valence-corrected chi connectivity index (χ4v) is 5.63. The van der Waals surface area contributed by atoms with Crippen molar-refractivity contribution >= 4 is 9.84 Å². The van der Waals surface area contributed by atoms with Crippen molar-refractivity contribution in [3.8, 4) is 0 Å². The van der Waals surface area contributed by atoms with Crippen molar-refractivity contribution in [2.24, 2.45) is 0 Å². The molecule has 162 valence electrons. The van der Waals surface area contributed by atoms with Gasteiger partial charge in [-0.25, -0.2) is 8.42 Å².